The molecule has 15 nitrogen and oxygen atoms in total. The van der Waals surface area contributed by atoms with Crippen LogP contribution >= 0.6 is 0 Å². The second-order valence-corrected chi connectivity index (χ2v) is 15.8. The summed E-state index contributed by atoms with van der Waals surface area (Å²) < 4.78 is 51.5. The van der Waals surface area contributed by atoms with Crippen molar-refractivity contribution in [3.05, 3.63) is 180 Å². The van der Waals surface area contributed by atoms with Crippen LogP contribution in [-0.4, -0.2) is 73.3 Å². The summed E-state index contributed by atoms with van der Waals surface area (Å²) in [7, 11) is 9.51. The third-order valence-corrected chi connectivity index (χ3v) is 12.1. The SMILES string of the molecule is COc1ccc(-c2nnc(-c3ccc(C(c4ccccc4)(c4ccc(-c5nnc(-c6ccc(OC)c(OC)c6)o5)cc4)c4ccc(-c5nnc(-c6ccc(OC)c(OC)c6)o5)cc4)cc3)o2)cc1OC. The largest absolute Gasteiger partial charge is 0.493 e. The van der Waals surface area contributed by atoms with Crippen LogP contribution in [0.2, 0.25) is 0 Å². The Balaban J connectivity index is 1.05. The van der Waals surface area contributed by atoms with Crippen LogP contribution in [0, 0.1) is 0 Å². The zero-order valence-corrected chi connectivity index (χ0v) is 38.9. The van der Waals surface area contributed by atoms with Gasteiger partial charge in [-0.05, 0) is 113 Å². The van der Waals surface area contributed by atoms with Gasteiger partial charge in [0.15, 0.2) is 34.5 Å². The molecule has 10 rings (SSSR count). The molecule has 0 saturated carbocycles. The molecule has 15 heteroatoms. The molecule has 0 radical (unpaired) electrons. The van der Waals surface area contributed by atoms with Crippen molar-refractivity contribution in [3.63, 3.8) is 0 Å². The van der Waals surface area contributed by atoms with Gasteiger partial charge in [-0.1, -0.05) is 66.7 Å². The van der Waals surface area contributed by atoms with Crippen molar-refractivity contribution < 1.29 is 41.7 Å². The summed E-state index contributed by atoms with van der Waals surface area (Å²) in [6.07, 6.45) is 0. The van der Waals surface area contributed by atoms with E-state index in [1.807, 2.05) is 72.8 Å². The number of rotatable bonds is 16. The number of ether oxygens (including phenoxy) is 6. The first-order valence-corrected chi connectivity index (χ1v) is 21.9. The molecule has 0 bridgehead atoms. The van der Waals surface area contributed by atoms with Gasteiger partial charge < -0.3 is 41.7 Å². The molecule has 0 fully saturated rings. The predicted octanol–water partition coefficient (Wildman–Crippen LogP) is 11.3. The minimum Gasteiger partial charge on any atom is -0.493 e. The third-order valence-electron chi connectivity index (χ3n) is 12.1. The highest BCUT2D eigenvalue weighted by Crippen LogP contribution is 2.47. The van der Waals surface area contributed by atoms with E-state index in [2.05, 4.69) is 79.1 Å². The molecule has 0 N–H and O–H groups in total. The van der Waals surface area contributed by atoms with Crippen LogP contribution in [0.15, 0.2) is 171 Å². The molecule has 0 aliphatic rings. The number of aromatic nitrogens is 6. The predicted molar refractivity (Wildman–Crippen MR) is 260 cm³/mol. The number of methoxy groups -OCH3 is 6. The zero-order chi connectivity index (χ0) is 48.2. The Hall–Kier alpha value is -9.24. The van der Waals surface area contributed by atoms with Crippen LogP contribution in [0.1, 0.15) is 22.3 Å². The lowest BCUT2D eigenvalue weighted by atomic mass is 9.65. The van der Waals surface area contributed by atoms with Crippen molar-refractivity contribution in [2.24, 2.45) is 0 Å². The molecular formula is C55H44N6O9. The Bertz CT molecular complexity index is 3080. The van der Waals surface area contributed by atoms with Gasteiger partial charge in [0.1, 0.15) is 0 Å². The van der Waals surface area contributed by atoms with Crippen LogP contribution in [0.3, 0.4) is 0 Å². The molecule has 7 aromatic carbocycles. The summed E-state index contributed by atoms with van der Waals surface area (Å²) in [4.78, 5) is 0. The first kappa shape index (κ1) is 44.6. The highest BCUT2D eigenvalue weighted by molar-refractivity contribution is 5.69. The fourth-order valence-electron chi connectivity index (χ4n) is 8.55. The van der Waals surface area contributed by atoms with Gasteiger partial charge in [-0.15, -0.1) is 30.6 Å². The summed E-state index contributed by atoms with van der Waals surface area (Å²) in [5, 5.41) is 26.4. The second kappa shape index (κ2) is 19.2. The van der Waals surface area contributed by atoms with Crippen molar-refractivity contribution in [1.82, 2.24) is 30.6 Å². The van der Waals surface area contributed by atoms with Crippen molar-refractivity contribution in [1.29, 1.82) is 0 Å². The van der Waals surface area contributed by atoms with Gasteiger partial charge in [0, 0.05) is 33.4 Å². The van der Waals surface area contributed by atoms with Crippen LogP contribution < -0.4 is 28.4 Å². The monoisotopic (exact) mass is 932 g/mol. The van der Waals surface area contributed by atoms with Gasteiger partial charge in [-0.25, -0.2) is 0 Å². The summed E-state index contributed by atoms with van der Waals surface area (Å²) >= 11 is 0. The maximum Gasteiger partial charge on any atom is 0.248 e. The number of hydrogen-bond donors (Lipinski definition) is 0. The molecule has 3 heterocycles. The minimum absolute atomic E-state index is 0.341. The Kier molecular flexibility index (Phi) is 12.2. The Morgan fingerprint density at radius 1 is 0.271 bits per heavy atom. The second-order valence-electron chi connectivity index (χ2n) is 15.8. The van der Waals surface area contributed by atoms with E-state index >= 15 is 0 Å². The maximum absolute atomic E-state index is 6.24. The van der Waals surface area contributed by atoms with Gasteiger partial charge >= 0.3 is 0 Å². The molecule has 10 aromatic rings. The average molecular weight is 933 g/mol. The number of hydrogen-bond acceptors (Lipinski definition) is 15. The molecule has 3 aromatic heterocycles. The molecule has 0 atom stereocenters. The quantitative estimate of drug-likeness (QED) is 0.0837. The van der Waals surface area contributed by atoms with Gasteiger partial charge in [0.25, 0.3) is 0 Å². The van der Waals surface area contributed by atoms with Crippen molar-refractivity contribution in [3.8, 4) is 103 Å². The summed E-state index contributed by atoms with van der Waals surface area (Å²) in [6.45, 7) is 0. The van der Waals surface area contributed by atoms with Crippen LogP contribution in [0.5, 0.6) is 34.5 Å². The summed E-state index contributed by atoms with van der Waals surface area (Å²) in [5.74, 6) is 5.53. The molecule has 0 spiro atoms. The van der Waals surface area contributed by atoms with Crippen molar-refractivity contribution in [2.45, 2.75) is 5.41 Å². The summed E-state index contributed by atoms with van der Waals surface area (Å²) in [6, 6.07) is 51.2. The number of nitrogens with zero attached hydrogens (tertiary/aromatic N) is 6. The zero-order valence-electron chi connectivity index (χ0n) is 38.9. The van der Waals surface area contributed by atoms with Crippen molar-refractivity contribution in [2.75, 3.05) is 42.7 Å². The lowest BCUT2D eigenvalue weighted by Gasteiger charge is -2.37. The van der Waals surface area contributed by atoms with E-state index in [1.165, 1.54) is 0 Å². The Morgan fingerprint density at radius 3 is 0.786 bits per heavy atom. The molecule has 348 valence electrons. The van der Waals surface area contributed by atoms with E-state index in [0.717, 1.165) is 38.9 Å². The molecule has 0 saturated heterocycles. The molecule has 0 amide bonds. The molecule has 0 aliphatic carbocycles. The van der Waals surface area contributed by atoms with Gasteiger partial charge in [0.2, 0.25) is 35.3 Å². The minimum atomic E-state index is -0.879. The fraction of sp³-hybridized carbons (Fsp3) is 0.127. The number of benzene rings is 7. The fourth-order valence-corrected chi connectivity index (χ4v) is 8.55. The van der Waals surface area contributed by atoms with E-state index < -0.39 is 5.41 Å². The van der Waals surface area contributed by atoms with E-state index in [4.69, 9.17) is 41.7 Å². The average Bonchev–Trinajstić information content (AvgIpc) is 4.25. The molecule has 0 aliphatic heterocycles. The standard InChI is InChI=1S/C55H44N6O9/c1-62-43-27-18-36(30-46(43)65-4)52-59-56-49(68-52)33-12-21-40(22-13-33)55(39-10-8-7-9-11-39,41-23-14-34(15-24-41)50-57-60-53(69-50)37-19-28-44(63-2)47(31-37)66-5)42-25-16-35(17-26-42)51-58-61-54(70-51)38-20-29-45(64-3)48(32-38)67-6/h7-32H,1-6H3. The van der Waals surface area contributed by atoms with Gasteiger partial charge in [-0.3, -0.25) is 0 Å². The Morgan fingerprint density at radius 2 is 0.514 bits per heavy atom. The van der Waals surface area contributed by atoms with Gasteiger partial charge in [0.05, 0.1) is 48.1 Å². The third kappa shape index (κ3) is 8.19. The van der Waals surface area contributed by atoms with E-state index in [-0.39, 0.29) is 0 Å². The topological polar surface area (TPSA) is 172 Å². The van der Waals surface area contributed by atoms with Gasteiger partial charge in [-0.2, -0.15) is 0 Å². The first-order chi connectivity index (χ1) is 34.4. The molecule has 0 unspecified atom stereocenters. The Labute approximate surface area is 402 Å². The van der Waals surface area contributed by atoms with E-state index in [0.29, 0.717) is 86.5 Å². The highest BCUT2D eigenvalue weighted by atomic mass is 16.5. The molecular weight excluding hydrogens is 889 g/mol. The maximum atomic E-state index is 6.24. The van der Waals surface area contributed by atoms with Crippen LogP contribution in [-0.2, 0) is 5.41 Å². The first-order valence-electron chi connectivity index (χ1n) is 21.9. The van der Waals surface area contributed by atoms with E-state index in [1.54, 1.807) is 79.1 Å². The van der Waals surface area contributed by atoms with Crippen molar-refractivity contribution >= 4 is 0 Å². The lowest BCUT2D eigenvalue weighted by Crippen LogP contribution is -2.31. The normalized spacial score (nSPS) is 11.3. The summed E-state index contributed by atoms with van der Waals surface area (Å²) in [5.41, 5.74) is 7.31. The van der Waals surface area contributed by atoms with E-state index in [9.17, 15) is 0 Å². The van der Waals surface area contributed by atoms with Crippen LogP contribution in [0.4, 0.5) is 0 Å². The van der Waals surface area contributed by atoms with Crippen LogP contribution in [0.25, 0.3) is 68.7 Å². The molecule has 70 heavy (non-hydrogen) atoms. The highest BCUT2D eigenvalue weighted by Gasteiger charge is 2.39. The smallest absolute Gasteiger partial charge is 0.248 e. The lowest BCUT2D eigenvalue weighted by molar-refractivity contribution is 0.355.